The lowest BCUT2D eigenvalue weighted by molar-refractivity contribution is -0.144. The Bertz CT molecular complexity index is 115. The highest BCUT2D eigenvalue weighted by Gasteiger charge is 2.06. The molecule has 66 valence electrons. The minimum Gasteiger partial charge on any atom is -0.465 e. The predicted molar refractivity (Wildman–Crippen MR) is 42.9 cm³/mol. The van der Waals surface area contributed by atoms with Crippen molar-refractivity contribution in [2.75, 3.05) is 13.2 Å². The van der Waals surface area contributed by atoms with Crippen molar-refractivity contribution in [3.63, 3.8) is 0 Å². The van der Waals surface area contributed by atoms with Crippen LogP contribution in [0.2, 0.25) is 0 Å². The topological polar surface area (TPSA) is 78.3 Å². The summed E-state index contributed by atoms with van der Waals surface area (Å²) in [5.41, 5.74) is 10.5. The van der Waals surface area contributed by atoms with Gasteiger partial charge in [0.1, 0.15) is 6.04 Å². The molecule has 4 heteroatoms. The Hall–Kier alpha value is -0.610. The average molecular weight is 160 g/mol. The quantitative estimate of drug-likeness (QED) is 0.424. The molecule has 0 saturated carbocycles. The molecule has 0 aliphatic carbocycles. The lowest BCUT2D eigenvalue weighted by atomic mass is 10.3. The monoisotopic (exact) mass is 160 g/mol. The van der Waals surface area contributed by atoms with E-state index in [0.29, 0.717) is 13.2 Å². The summed E-state index contributed by atoms with van der Waals surface area (Å²) in [7, 11) is 0. The van der Waals surface area contributed by atoms with Crippen molar-refractivity contribution >= 4 is 5.97 Å². The van der Waals surface area contributed by atoms with Gasteiger partial charge in [-0.1, -0.05) is 0 Å². The maximum Gasteiger partial charge on any atom is 0.322 e. The summed E-state index contributed by atoms with van der Waals surface area (Å²) in [5.74, 6) is -0.345. The van der Waals surface area contributed by atoms with Gasteiger partial charge in [-0.25, -0.2) is 0 Å². The van der Waals surface area contributed by atoms with E-state index in [2.05, 4.69) is 0 Å². The van der Waals surface area contributed by atoms with E-state index in [4.69, 9.17) is 16.2 Å². The van der Waals surface area contributed by atoms with Gasteiger partial charge in [0.05, 0.1) is 6.61 Å². The van der Waals surface area contributed by atoms with E-state index in [-0.39, 0.29) is 5.97 Å². The second-order valence-electron chi connectivity index (χ2n) is 2.45. The van der Waals surface area contributed by atoms with Crippen LogP contribution >= 0.6 is 0 Å². The predicted octanol–water partition coefficient (Wildman–Crippen LogP) is -0.384. The Morgan fingerprint density at radius 3 is 2.64 bits per heavy atom. The number of rotatable bonds is 5. The molecule has 11 heavy (non-hydrogen) atoms. The molecule has 0 aliphatic rings. The Morgan fingerprint density at radius 2 is 2.18 bits per heavy atom. The number of esters is 1. The average Bonchev–Trinajstić information content (AvgIpc) is 1.97. The Morgan fingerprint density at radius 1 is 1.55 bits per heavy atom. The molecule has 1 atom stereocenters. The molecule has 0 spiro atoms. The molecule has 0 amide bonds. The summed E-state index contributed by atoms with van der Waals surface area (Å²) in [6.07, 6.45) is 1.70. The van der Waals surface area contributed by atoms with Gasteiger partial charge in [-0.15, -0.1) is 0 Å². The molecule has 4 nitrogen and oxygen atoms in total. The number of carbonyl (C=O) groups is 1. The zero-order chi connectivity index (χ0) is 8.69. The SMILES string of the molecule is C[C@H](N)C(=O)OCCCCN. The van der Waals surface area contributed by atoms with Crippen LogP contribution in [0.3, 0.4) is 0 Å². The van der Waals surface area contributed by atoms with E-state index < -0.39 is 6.04 Å². The van der Waals surface area contributed by atoms with Crippen LogP contribution in [0, 0.1) is 0 Å². The Balaban J connectivity index is 3.18. The minimum absolute atomic E-state index is 0.345. The van der Waals surface area contributed by atoms with Gasteiger partial charge >= 0.3 is 5.97 Å². The van der Waals surface area contributed by atoms with Gasteiger partial charge in [0.25, 0.3) is 0 Å². The number of nitrogens with two attached hydrogens (primary N) is 2. The van der Waals surface area contributed by atoms with Gasteiger partial charge in [0, 0.05) is 0 Å². The largest absolute Gasteiger partial charge is 0.465 e. The van der Waals surface area contributed by atoms with Gasteiger partial charge in [0.2, 0.25) is 0 Å². The van der Waals surface area contributed by atoms with Crippen molar-refractivity contribution in [2.45, 2.75) is 25.8 Å². The number of ether oxygens (including phenoxy) is 1. The van der Waals surface area contributed by atoms with Crippen LogP contribution in [-0.2, 0) is 9.53 Å². The first-order valence-electron chi connectivity index (χ1n) is 3.80. The first-order valence-corrected chi connectivity index (χ1v) is 3.80. The van der Waals surface area contributed by atoms with E-state index >= 15 is 0 Å². The first-order chi connectivity index (χ1) is 5.18. The molecule has 4 N–H and O–H groups in total. The summed E-state index contributed by atoms with van der Waals surface area (Å²) in [6, 6.07) is -0.520. The number of carbonyl (C=O) groups excluding carboxylic acids is 1. The van der Waals surface area contributed by atoms with E-state index in [9.17, 15) is 4.79 Å². The van der Waals surface area contributed by atoms with Gasteiger partial charge in [-0.3, -0.25) is 4.79 Å². The third-order valence-electron chi connectivity index (χ3n) is 1.21. The maximum absolute atomic E-state index is 10.7. The van der Waals surface area contributed by atoms with Crippen LogP contribution in [0.15, 0.2) is 0 Å². The second kappa shape index (κ2) is 6.12. The van der Waals surface area contributed by atoms with Crippen molar-refractivity contribution < 1.29 is 9.53 Å². The molecule has 0 aromatic heterocycles. The lowest BCUT2D eigenvalue weighted by Crippen LogP contribution is -2.29. The van der Waals surface area contributed by atoms with Crippen LogP contribution in [0.25, 0.3) is 0 Å². The molecule has 0 unspecified atom stereocenters. The maximum atomic E-state index is 10.7. The van der Waals surface area contributed by atoms with Crippen molar-refractivity contribution in [3.05, 3.63) is 0 Å². The van der Waals surface area contributed by atoms with Crippen molar-refractivity contribution in [1.29, 1.82) is 0 Å². The zero-order valence-corrected chi connectivity index (χ0v) is 6.88. The van der Waals surface area contributed by atoms with E-state index in [1.54, 1.807) is 6.92 Å². The number of hydrogen-bond acceptors (Lipinski definition) is 4. The summed E-state index contributed by atoms with van der Waals surface area (Å²) < 4.78 is 4.79. The number of unbranched alkanes of at least 4 members (excludes halogenated alkanes) is 1. The molecule has 0 saturated heterocycles. The van der Waals surface area contributed by atoms with E-state index in [0.717, 1.165) is 12.8 Å². The molecule has 0 aliphatic heterocycles. The van der Waals surface area contributed by atoms with Crippen LogP contribution in [0.4, 0.5) is 0 Å². The highest BCUT2D eigenvalue weighted by Crippen LogP contribution is 1.90. The zero-order valence-electron chi connectivity index (χ0n) is 6.88. The first kappa shape index (κ1) is 10.4. The van der Waals surface area contributed by atoms with Gasteiger partial charge in [-0.05, 0) is 26.3 Å². The minimum atomic E-state index is -0.520. The van der Waals surface area contributed by atoms with E-state index in [1.165, 1.54) is 0 Å². The summed E-state index contributed by atoms with van der Waals surface area (Å²) in [5, 5.41) is 0. The molecule has 0 fully saturated rings. The third-order valence-corrected chi connectivity index (χ3v) is 1.21. The highest BCUT2D eigenvalue weighted by atomic mass is 16.5. The standard InChI is InChI=1S/C7H16N2O2/c1-6(9)7(10)11-5-3-2-4-8/h6H,2-5,8-9H2,1H3/t6-/m0/s1. The molecule has 0 radical (unpaired) electrons. The van der Waals surface area contributed by atoms with Crippen molar-refractivity contribution in [2.24, 2.45) is 11.5 Å². The Labute approximate surface area is 66.9 Å². The fraction of sp³-hybridized carbons (Fsp3) is 0.857. The third kappa shape index (κ3) is 5.82. The Kier molecular flexibility index (Phi) is 5.78. The highest BCUT2D eigenvalue weighted by molar-refractivity contribution is 5.74. The molecule has 0 aromatic carbocycles. The van der Waals surface area contributed by atoms with Crippen LogP contribution in [-0.4, -0.2) is 25.2 Å². The van der Waals surface area contributed by atoms with Gasteiger partial charge in [0.15, 0.2) is 0 Å². The van der Waals surface area contributed by atoms with Gasteiger partial charge < -0.3 is 16.2 Å². The van der Waals surface area contributed by atoms with Crippen molar-refractivity contribution in [1.82, 2.24) is 0 Å². The van der Waals surface area contributed by atoms with Crippen LogP contribution in [0.1, 0.15) is 19.8 Å². The fourth-order valence-electron chi connectivity index (χ4n) is 0.551. The van der Waals surface area contributed by atoms with Crippen LogP contribution in [0.5, 0.6) is 0 Å². The second-order valence-corrected chi connectivity index (χ2v) is 2.45. The molecular weight excluding hydrogens is 144 g/mol. The molecular formula is C7H16N2O2. The molecule has 0 aromatic rings. The van der Waals surface area contributed by atoms with E-state index in [1.807, 2.05) is 0 Å². The molecule has 0 rings (SSSR count). The lowest BCUT2D eigenvalue weighted by Gasteiger charge is -2.05. The summed E-state index contributed by atoms with van der Waals surface area (Å²) in [6.45, 7) is 2.67. The molecule has 0 heterocycles. The smallest absolute Gasteiger partial charge is 0.322 e. The van der Waals surface area contributed by atoms with Crippen molar-refractivity contribution in [3.8, 4) is 0 Å². The van der Waals surface area contributed by atoms with Gasteiger partial charge in [-0.2, -0.15) is 0 Å². The normalized spacial score (nSPS) is 12.6. The summed E-state index contributed by atoms with van der Waals surface area (Å²) >= 11 is 0. The molecule has 0 bridgehead atoms. The summed E-state index contributed by atoms with van der Waals surface area (Å²) in [4.78, 5) is 10.7. The van der Waals surface area contributed by atoms with Crippen LogP contribution < -0.4 is 11.5 Å². The fourth-order valence-corrected chi connectivity index (χ4v) is 0.551. The number of hydrogen-bond donors (Lipinski definition) is 2.